The number of hydrogen-bond acceptors (Lipinski definition) is 3. The predicted molar refractivity (Wildman–Crippen MR) is 58.0 cm³/mol. The number of amides is 1. The molecular formula is C11H14N2O3. The molecule has 1 unspecified atom stereocenters. The number of hydrogen-bond donors (Lipinski definition) is 1. The van der Waals surface area contributed by atoms with Crippen molar-refractivity contribution < 1.29 is 14.7 Å². The third-order valence-corrected chi connectivity index (χ3v) is 2.38. The second-order valence-electron chi connectivity index (χ2n) is 3.60. The highest BCUT2D eigenvalue weighted by Gasteiger charge is 2.19. The number of carbonyl (C=O) groups excluding carboxylic acids is 1. The molecule has 0 saturated heterocycles. The maximum absolute atomic E-state index is 11.9. The van der Waals surface area contributed by atoms with Gasteiger partial charge in [-0.1, -0.05) is 0 Å². The maximum Gasteiger partial charge on any atom is 0.305 e. The second kappa shape index (κ2) is 5.25. The molecule has 5 heteroatoms. The fourth-order valence-electron chi connectivity index (χ4n) is 1.29. The van der Waals surface area contributed by atoms with Gasteiger partial charge in [0.1, 0.15) is 0 Å². The summed E-state index contributed by atoms with van der Waals surface area (Å²) >= 11 is 0. The molecule has 1 aromatic heterocycles. The number of carboxylic acids is 1. The van der Waals surface area contributed by atoms with Crippen molar-refractivity contribution in [2.75, 3.05) is 7.05 Å². The van der Waals surface area contributed by atoms with Crippen LogP contribution in [0.25, 0.3) is 0 Å². The van der Waals surface area contributed by atoms with Crippen LogP contribution in [0.15, 0.2) is 24.5 Å². The van der Waals surface area contributed by atoms with Gasteiger partial charge in [0.2, 0.25) is 0 Å². The van der Waals surface area contributed by atoms with Gasteiger partial charge in [-0.05, 0) is 19.1 Å². The maximum atomic E-state index is 11.9. The Labute approximate surface area is 93.7 Å². The first-order valence-corrected chi connectivity index (χ1v) is 4.91. The number of carboxylic acid groups (broad SMARTS) is 1. The van der Waals surface area contributed by atoms with Crippen LogP contribution in [-0.2, 0) is 4.79 Å². The van der Waals surface area contributed by atoms with E-state index in [2.05, 4.69) is 4.98 Å². The summed E-state index contributed by atoms with van der Waals surface area (Å²) < 4.78 is 0. The van der Waals surface area contributed by atoms with Gasteiger partial charge in [-0.3, -0.25) is 14.6 Å². The molecule has 0 radical (unpaired) electrons. The predicted octanol–water partition coefficient (Wildman–Crippen LogP) is 1.02. The first kappa shape index (κ1) is 12.2. The molecule has 0 fully saturated rings. The fourth-order valence-corrected chi connectivity index (χ4v) is 1.29. The van der Waals surface area contributed by atoms with Gasteiger partial charge in [0.25, 0.3) is 5.91 Å². The highest BCUT2D eigenvalue weighted by molar-refractivity contribution is 5.94. The quantitative estimate of drug-likeness (QED) is 0.825. The summed E-state index contributed by atoms with van der Waals surface area (Å²) in [6.07, 6.45) is 3.00. The smallest absolute Gasteiger partial charge is 0.305 e. The minimum absolute atomic E-state index is 0.0622. The monoisotopic (exact) mass is 222 g/mol. The van der Waals surface area contributed by atoms with Crippen LogP contribution in [0.4, 0.5) is 0 Å². The lowest BCUT2D eigenvalue weighted by molar-refractivity contribution is -0.137. The summed E-state index contributed by atoms with van der Waals surface area (Å²) in [4.78, 5) is 27.6. The Morgan fingerprint density at radius 1 is 1.44 bits per heavy atom. The van der Waals surface area contributed by atoms with Crippen LogP contribution in [0.5, 0.6) is 0 Å². The number of pyridine rings is 1. The molecule has 1 atom stereocenters. The standard InChI is InChI=1S/C11H14N2O3/c1-8(7-10(14)15)13(2)11(16)9-3-5-12-6-4-9/h3-6,8H,7H2,1-2H3,(H,14,15). The van der Waals surface area contributed by atoms with Crippen molar-refractivity contribution in [3.8, 4) is 0 Å². The molecule has 0 bridgehead atoms. The Morgan fingerprint density at radius 3 is 2.50 bits per heavy atom. The summed E-state index contributed by atoms with van der Waals surface area (Å²) in [7, 11) is 1.59. The van der Waals surface area contributed by atoms with Gasteiger partial charge < -0.3 is 10.0 Å². The molecule has 0 spiro atoms. The zero-order valence-corrected chi connectivity index (χ0v) is 9.25. The molecule has 0 aliphatic heterocycles. The molecule has 1 N–H and O–H groups in total. The summed E-state index contributed by atoms with van der Waals surface area (Å²) in [6.45, 7) is 1.70. The van der Waals surface area contributed by atoms with Crippen molar-refractivity contribution in [1.29, 1.82) is 0 Å². The summed E-state index contributed by atoms with van der Waals surface area (Å²) in [5.74, 6) is -1.11. The largest absolute Gasteiger partial charge is 0.481 e. The molecule has 86 valence electrons. The van der Waals surface area contributed by atoms with Crippen molar-refractivity contribution in [2.45, 2.75) is 19.4 Å². The van der Waals surface area contributed by atoms with E-state index in [1.807, 2.05) is 0 Å². The van der Waals surface area contributed by atoms with E-state index in [-0.39, 0.29) is 18.4 Å². The topological polar surface area (TPSA) is 70.5 Å². The molecule has 5 nitrogen and oxygen atoms in total. The van der Waals surface area contributed by atoms with Crippen molar-refractivity contribution >= 4 is 11.9 Å². The molecule has 0 saturated carbocycles. The van der Waals surface area contributed by atoms with Gasteiger partial charge in [0, 0.05) is 31.0 Å². The molecule has 16 heavy (non-hydrogen) atoms. The SMILES string of the molecule is CC(CC(=O)O)N(C)C(=O)c1ccncc1. The van der Waals surface area contributed by atoms with E-state index in [4.69, 9.17) is 5.11 Å². The van der Waals surface area contributed by atoms with Gasteiger partial charge in [0.15, 0.2) is 0 Å². The summed E-state index contributed by atoms with van der Waals surface area (Å²) in [5, 5.41) is 8.64. The van der Waals surface area contributed by atoms with E-state index in [0.717, 1.165) is 0 Å². The van der Waals surface area contributed by atoms with Crippen LogP contribution >= 0.6 is 0 Å². The molecule has 1 rings (SSSR count). The van der Waals surface area contributed by atoms with Crippen LogP contribution in [0, 0.1) is 0 Å². The van der Waals surface area contributed by atoms with Crippen LogP contribution in [0.3, 0.4) is 0 Å². The lowest BCUT2D eigenvalue weighted by atomic mass is 10.1. The van der Waals surface area contributed by atoms with Crippen molar-refractivity contribution in [3.05, 3.63) is 30.1 Å². The molecule has 0 aliphatic carbocycles. The normalized spacial score (nSPS) is 11.9. The van der Waals surface area contributed by atoms with Crippen molar-refractivity contribution in [1.82, 2.24) is 9.88 Å². The van der Waals surface area contributed by atoms with E-state index in [0.29, 0.717) is 5.56 Å². The van der Waals surface area contributed by atoms with E-state index in [1.165, 1.54) is 17.3 Å². The summed E-state index contributed by atoms with van der Waals surface area (Å²) in [5.41, 5.74) is 0.509. The van der Waals surface area contributed by atoms with Gasteiger partial charge in [0.05, 0.1) is 6.42 Å². The minimum Gasteiger partial charge on any atom is -0.481 e. The average molecular weight is 222 g/mol. The van der Waals surface area contributed by atoms with Gasteiger partial charge in [-0.15, -0.1) is 0 Å². The summed E-state index contributed by atoms with van der Waals surface area (Å²) in [6, 6.07) is 2.87. The molecule has 1 heterocycles. The highest BCUT2D eigenvalue weighted by Crippen LogP contribution is 2.07. The Hall–Kier alpha value is -1.91. The number of nitrogens with zero attached hydrogens (tertiary/aromatic N) is 2. The van der Waals surface area contributed by atoms with E-state index < -0.39 is 5.97 Å². The second-order valence-corrected chi connectivity index (χ2v) is 3.60. The first-order valence-electron chi connectivity index (χ1n) is 4.91. The average Bonchev–Trinajstić information content (AvgIpc) is 2.27. The van der Waals surface area contributed by atoms with Gasteiger partial charge >= 0.3 is 5.97 Å². The number of aliphatic carboxylic acids is 1. The lowest BCUT2D eigenvalue weighted by Crippen LogP contribution is -2.36. The Balaban J connectivity index is 2.71. The minimum atomic E-state index is -0.915. The lowest BCUT2D eigenvalue weighted by Gasteiger charge is -2.23. The zero-order chi connectivity index (χ0) is 12.1. The Bertz CT molecular complexity index is 378. The Kier molecular flexibility index (Phi) is 3.99. The van der Waals surface area contributed by atoms with Crippen molar-refractivity contribution in [3.63, 3.8) is 0 Å². The number of aromatic nitrogens is 1. The molecule has 1 amide bonds. The van der Waals surface area contributed by atoms with E-state index in [1.54, 1.807) is 26.1 Å². The number of rotatable bonds is 4. The molecule has 1 aromatic rings. The number of carbonyl (C=O) groups is 2. The highest BCUT2D eigenvalue weighted by atomic mass is 16.4. The van der Waals surface area contributed by atoms with Crippen LogP contribution in [0.1, 0.15) is 23.7 Å². The molecule has 0 aromatic carbocycles. The van der Waals surface area contributed by atoms with Crippen molar-refractivity contribution in [2.24, 2.45) is 0 Å². The molecular weight excluding hydrogens is 208 g/mol. The third-order valence-electron chi connectivity index (χ3n) is 2.38. The fraction of sp³-hybridized carbons (Fsp3) is 0.364. The van der Waals surface area contributed by atoms with E-state index >= 15 is 0 Å². The van der Waals surface area contributed by atoms with Crippen LogP contribution < -0.4 is 0 Å². The first-order chi connectivity index (χ1) is 7.52. The Morgan fingerprint density at radius 2 is 2.00 bits per heavy atom. The van der Waals surface area contributed by atoms with Crippen LogP contribution in [0.2, 0.25) is 0 Å². The third kappa shape index (κ3) is 3.05. The van der Waals surface area contributed by atoms with Gasteiger partial charge in [-0.25, -0.2) is 0 Å². The zero-order valence-electron chi connectivity index (χ0n) is 9.25. The van der Waals surface area contributed by atoms with Gasteiger partial charge in [-0.2, -0.15) is 0 Å². The molecule has 0 aliphatic rings. The van der Waals surface area contributed by atoms with Crippen LogP contribution in [-0.4, -0.2) is 40.0 Å². The van der Waals surface area contributed by atoms with E-state index in [9.17, 15) is 9.59 Å².